The number of hydrogen-bond donors (Lipinski definition) is 0. The largest absolute Gasteiger partial charge is 0.375 e. The molecule has 0 saturated carbocycles. The molecule has 0 unspecified atom stereocenters. The molecule has 1 fully saturated rings. The lowest BCUT2D eigenvalue weighted by Gasteiger charge is -2.30. The van der Waals surface area contributed by atoms with Gasteiger partial charge in [-0.3, -0.25) is 9.20 Å². The second kappa shape index (κ2) is 4.37. The summed E-state index contributed by atoms with van der Waals surface area (Å²) in [6.45, 7) is 5.91. The molecular weight excluding hydrogens is 250 g/mol. The van der Waals surface area contributed by atoms with Crippen LogP contribution in [0.15, 0.2) is 12.4 Å². The fourth-order valence-corrected chi connectivity index (χ4v) is 3.29. The Kier molecular flexibility index (Phi) is 2.83. The third-order valence-corrected chi connectivity index (χ3v) is 4.37. The second-order valence-electron chi connectivity index (χ2n) is 4.53. The van der Waals surface area contributed by atoms with Gasteiger partial charge in [-0.15, -0.1) is 0 Å². The fourth-order valence-electron chi connectivity index (χ4n) is 2.24. The van der Waals surface area contributed by atoms with Crippen molar-refractivity contribution in [3.63, 3.8) is 0 Å². The molecule has 3 rings (SSSR count). The Morgan fingerprint density at radius 3 is 3.17 bits per heavy atom. The Morgan fingerprint density at radius 2 is 2.44 bits per heavy atom. The molecule has 0 N–H and O–H groups in total. The number of nitrogens with zero attached hydrogens (tertiary/aromatic N) is 3. The molecule has 2 aromatic rings. The molecule has 1 amide bonds. The van der Waals surface area contributed by atoms with Crippen LogP contribution in [0.3, 0.4) is 0 Å². The van der Waals surface area contributed by atoms with E-state index in [9.17, 15) is 4.79 Å². The van der Waals surface area contributed by atoms with Crippen molar-refractivity contribution in [3.8, 4) is 0 Å². The number of thiazole rings is 1. The first kappa shape index (κ1) is 11.7. The van der Waals surface area contributed by atoms with E-state index in [1.165, 1.54) is 11.3 Å². The highest BCUT2D eigenvalue weighted by atomic mass is 32.1. The van der Waals surface area contributed by atoms with Crippen molar-refractivity contribution in [1.82, 2.24) is 14.3 Å². The van der Waals surface area contributed by atoms with Gasteiger partial charge in [-0.1, -0.05) is 11.3 Å². The Hall–Kier alpha value is -1.40. The van der Waals surface area contributed by atoms with Gasteiger partial charge < -0.3 is 9.64 Å². The van der Waals surface area contributed by atoms with Crippen molar-refractivity contribution in [3.05, 3.63) is 23.0 Å². The zero-order valence-electron chi connectivity index (χ0n) is 10.4. The minimum atomic E-state index is 0.0955. The predicted octanol–water partition coefficient (Wildman–Crippen LogP) is 1.57. The van der Waals surface area contributed by atoms with Crippen LogP contribution in [0, 0.1) is 6.92 Å². The summed E-state index contributed by atoms with van der Waals surface area (Å²) < 4.78 is 7.42. The molecule has 1 atom stereocenters. The van der Waals surface area contributed by atoms with E-state index in [2.05, 4.69) is 4.98 Å². The second-order valence-corrected chi connectivity index (χ2v) is 5.51. The van der Waals surface area contributed by atoms with Crippen LogP contribution in [-0.4, -0.2) is 46.0 Å². The molecule has 1 aliphatic heterocycles. The average molecular weight is 265 g/mol. The summed E-state index contributed by atoms with van der Waals surface area (Å²) >= 11 is 1.45. The predicted molar refractivity (Wildman–Crippen MR) is 69.1 cm³/mol. The molecule has 0 radical (unpaired) electrons. The number of ether oxygens (including phenoxy) is 1. The Morgan fingerprint density at radius 1 is 1.61 bits per heavy atom. The van der Waals surface area contributed by atoms with E-state index in [-0.39, 0.29) is 12.0 Å². The standard InChI is InChI=1S/C12H15N3O2S/c1-8-7-14(5-6-17-8)11(16)10-9(2)15-4-3-13-12(15)18-10/h3-4,8H,5-7H2,1-2H3/t8-/m1/s1. The molecule has 2 aromatic heterocycles. The molecular formula is C12H15N3O2S. The molecule has 0 spiro atoms. The van der Waals surface area contributed by atoms with Gasteiger partial charge in [0, 0.05) is 31.2 Å². The van der Waals surface area contributed by atoms with Crippen LogP contribution in [0.1, 0.15) is 22.3 Å². The maximum Gasteiger partial charge on any atom is 0.266 e. The molecule has 3 heterocycles. The summed E-state index contributed by atoms with van der Waals surface area (Å²) in [4.78, 5) is 20.2. The van der Waals surface area contributed by atoms with Crippen LogP contribution >= 0.6 is 11.3 Å². The minimum Gasteiger partial charge on any atom is -0.375 e. The third-order valence-electron chi connectivity index (χ3n) is 3.21. The van der Waals surface area contributed by atoms with E-state index in [0.717, 1.165) is 15.5 Å². The topological polar surface area (TPSA) is 46.8 Å². The summed E-state index contributed by atoms with van der Waals surface area (Å²) in [5, 5.41) is 0. The van der Waals surface area contributed by atoms with Gasteiger partial charge in [0.1, 0.15) is 4.88 Å². The maximum absolute atomic E-state index is 12.5. The van der Waals surface area contributed by atoms with Gasteiger partial charge in [-0.2, -0.15) is 0 Å². The molecule has 96 valence electrons. The summed E-state index contributed by atoms with van der Waals surface area (Å²) in [5.41, 5.74) is 0.969. The van der Waals surface area contributed by atoms with Gasteiger partial charge in [-0.05, 0) is 13.8 Å². The first-order valence-corrected chi connectivity index (χ1v) is 6.82. The summed E-state index contributed by atoms with van der Waals surface area (Å²) in [7, 11) is 0. The maximum atomic E-state index is 12.5. The van der Waals surface area contributed by atoms with Gasteiger partial charge in [0.05, 0.1) is 12.7 Å². The summed E-state index contributed by atoms with van der Waals surface area (Å²) in [5.74, 6) is 0.0955. The number of carbonyl (C=O) groups excluding carboxylic acids is 1. The Bertz CT molecular complexity index is 589. The molecule has 1 aliphatic rings. The van der Waals surface area contributed by atoms with Crippen molar-refractivity contribution < 1.29 is 9.53 Å². The van der Waals surface area contributed by atoms with Crippen LogP contribution in [0.2, 0.25) is 0 Å². The van der Waals surface area contributed by atoms with Crippen molar-refractivity contribution >= 4 is 22.2 Å². The molecule has 0 aliphatic carbocycles. The van der Waals surface area contributed by atoms with Gasteiger partial charge in [-0.25, -0.2) is 4.98 Å². The highest BCUT2D eigenvalue weighted by Crippen LogP contribution is 2.23. The normalized spacial score (nSPS) is 20.6. The number of amides is 1. The van der Waals surface area contributed by atoms with Gasteiger partial charge in [0.25, 0.3) is 5.91 Å². The Labute approximate surface area is 109 Å². The van der Waals surface area contributed by atoms with Gasteiger partial charge >= 0.3 is 0 Å². The van der Waals surface area contributed by atoms with E-state index in [1.54, 1.807) is 6.20 Å². The van der Waals surface area contributed by atoms with Crippen LogP contribution in [0.5, 0.6) is 0 Å². The van der Waals surface area contributed by atoms with E-state index >= 15 is 0 Å². The van der Waals surface area contributed by atoms with E-state index < -0.39 is 0 Å². The first-order chi connectivity index (χ1) is 8.66. The number of morpholine rings is 1. The number of aromatic nitrogens is 2. The number of rotatable bonds is 1. The lowest BCUT2D eigenvalue weighted by molar-refractivity contribution is -0.0122. The molecule has 18 heavy (non-hydrogen) atoms. The smallest absolute Gasteiger partial charge is 0.266 e. The third kappa shape index (κ3) is 1.81. The van der Waals surface area contributed by atoms with Crippen LogP contribution in [-0.2, 0) is 4.74 Å². The number of hydrogen-bond acceptors (Lipinski definition) is 4. The molecule has 0 bridgehead atoms. The number of aryl methyl sites for hydroxylation is 1. The lowest BCUT2D eigenvalue weighted by Crippen LogP contribution is -2.44. The number of imidazole rings is 1. The van der Waals surface area contributed by atoms with E-state index in [4.69, 9.17) is 4.74 Å². The van der Waals surface area contributed by atoms with E-state index in [0.29, 0.717) is 19.7 Å². The van der Waals surface area contributed by atoms with Gasteiger partial charge in [0.15, 0.2) is 4.96 Å². The lowest BCUT2D eigenvalue weighted by atomic mass is 10.2. The van der Waals surface area contributed by atoms with E-state index in [1.807, 2.05) is 29.3 Å². The van der Waals surface area contributed by atoms with Crippen molar-refractivity contribution in [1.29, 1.82) is 0 Å². The highest BCUT2D eigenvalue weighted by molar-refractivity contribution is 7.19. The summed E-state index contributed by atoms with van der Waals surface area (Å²) in [6.07, 6.45) is 3.76. The van der Waals surface area contributed by atoms with Gasteiger partial charge in [0.2, 0.25) is 0 Å². The zero-order chi connectivity index (χ0) is 12.7. The van der Waals surface area contributed by atoms with Crippen LogP contribution < -0.4 is 0 Å². The minimum absolute atomic E-state index is 0.0955. The quantitative estimate of drug-likeness (QED) is 0.786. The highest BCUT2D eigenvalue weighted by Gasteiger charge is 2.25. The fraction of sp³-hybridized carbons (Fsp3) is 0.500. The first-order valence-electron chi connectivity index (χ1n) is 6.00. The Balaban J connectivity index is 1.91. The van der Waals surface area contributed by atoms with Crippen molar-refractivity contribution in [2.45, 2.75) is 20.0 Å². The molecule has 6 heteroatoms. The molecule has 5 nitrogen and oxygen atoms in total. The van der Waals surface area contributed by atoms with Crippen LogP contribution in [0.25, 0.3) is 4.96 Å². The summed E-state index contributed by atoms with van der Waals surface area (Å²) in [6, 6.07) is 0. The molecule has 0 aromatic carbocycles. The molecule has 1 saturated heterocycles. The monoisotopic (exact) mass is 265 g/mol. The number of carbonyl (C=O) groups is 1. The van der Waals surface area contributed by atoms with Crippen LogP contribution in [0.4, 0.5) is 0 Å². The van der Waals surface area contributed by atoms with Crippen molar-refractivity contribution in [2.24, 2.45) is 0 Å². The average Bonchev–Trinajstić information content (AvgIpc) is 2.92. The van der Waals surface area contributed by atoms with Crippen molar-refractivity contribution in [2.75, 3.05) is 19.7 Å². The SMILES string of the molecule is Cc1c(C(=O)N2CCO[C@H](C)C2)sc2nccn12. The number of fused-ring (bicyclic) bond motifs is 1. The zero-order valence-corrected chi connectivity index (χ0v) is 11.2.